The van der Waals surface area contributed by atoms with Gasteiger partial charge in [-0.1, -0.05) is 38.1 Å². The first-order valence-electron chi connectivity index (χ1n) is 7.19. The summed E-state index contributed by atoms with van der Waals surface area (Å²) >= 11 is 0. The Morgan fingerprint density at radius 1 is 1.24 bits per heavy atom. The Kier molecular flexibility index (Phi) is 4.50. The van der Waals surface area contributed by atoms with E-state index >= 15 is 0 Å². The van der Waals surface area contributed by atoms with Crippen LogP contribution in [0.4, 0.5) is 4.79 Å². The van der Waals surface area contributed by atoms with Crippen LogP contribution in [0.3, 0.4) is 0 Å². The highest BCUT2D eigenvalue weighted by Crippen LogP contribution is 2.50. The van der Waals surface area contributed by atoms with E-state index in [0.717, 1.165) is 17.5 Å². The Morgan fingerprint density at radius 3 is 2.43 bits per heavy atom. The van der Waals surface area contributed by atoms with Gasteiger partial charge in [-0.25, -0.2) is 4.79 Å². The second-order valence-corrected chi connectivity index (χ2v) is 6.29. The Labute approximate surface area is 124 Å². The van der Waals surface area contributed by atoms with E-state index in [1.807, 2.05) is 12.1 Å². The van der Waals surface area contributed by atoms with Gasteiger partial charge in [-0.3, -0.25) is 4.79 Å². The highest BCUT2D eigenvalue weighted by molar-refractivity contribution is 5.74. The second kappa shape index (κ2) is 6.16. The average Bonchev–Trinajstić information content (AvgIpc) is 3.02. The zero-order valence-electron chi connectivity index (χ0n) is 12.5. The molecule has 5 nitrogen and oxygen atoms in total. The molecular formula is C16H22N2O3. The molecule has 1 aliphatic carbocycles. The molecule has 5 heteroatoms. The van der Waals surface area contributed by atoms with Crippen LogP contribution in [0.1, 0.15) is 31.4 Å². The van der Waals surface area contributed by atoms with E-state index in [2.05, 4.69) is 24.5 Å². The van der Waals surface area contributed by atoms with Crippen LogP contribution >= 0.6 is 0 Å². The number of amides is 2. The quantitative estimate of drug-likeness (QED) is 0.751. The molecule has 3 N–H and O–H groups in total. The monoisotopic (exact) mass is 290 g/mol. The lowest BCUT2D eigenvalue weighted by Gasteiger charge is -2.11. The second-order valence-electron chi connectivity index (χ2n) is 6.29. The van der Waals surface area contributed by atoms with Gasteiger partial charge >= 0.3 is 12.0 Å². The van der Waals surface area contributed by atoms with Crippen LogP contribution < -0.4 is 10.6 Å². The van der Waals surface area contributed by atoms with E-state index in [0.29, 0.717) is 24.4 Å². The third-order valence-corrected chi connectivity index (χ3v) is 4.13. The lowest BCUT2D eigenvalue weighted by molar-refractivity contribution is -0.136. The van der Waals surface area contributed by atoms with Gasteiger partial charge in [0.15, 0.2) is 0 Å². The zero-order valence-corrected chi connectivity index (χ0v) is 12.5. The average molecular weight is 290 g/mol. The molecule has 1 unspecified atom stereocenters. The van der Waals surface area contributed by atoms with Crippen LogP contribution in [0.15, 0.2) is 24.3 Å². The molecule has 114 valence electrons. The number of rotatable bonds is 6. The number of urea groups is 1. The lowest BCUT2D eigenvalue weighted by Crippen LogP contribution is -2.36. The summed E-state index contributed by atoms with van der Waals surface area (Å²) in [6.07, 6.45) is 1.12. The summed E-state index contributed by atoms with van der Waals surface area (Å²) in [5, 5.41) is 14.5. The lowest BCUT2D eigenvalue weighted by atomic mass is 10.0. The molecule has 1 fully saturated rings. The van der Waals surface area contributed by atoms with E-state index in [4.69, 9.17) is 5.11 Å². The maximum absolute atomic E-state index is 11.8. The summed E-state index contributed by atoms with van der Waals surface area (Å²) in [5.74, 6) is -0.314. The maximum atomic E-state index is 11.8. The van der Waals surface area contributed by atoms with Crippen molar-refractivity contribution in [2.24, 2.45) is 11.3 Å². The van der Waals surface area contributed by atoms with Crippen molar-refractivity contribution in [2.45, 2.75) is 33.2 Å². The molecular weight excluding hydrogens is 268 g/mol. The highest BCUT2D eigenvalue weighted by atomic mass is 16.4. The van der Waals surface area contributed by atoms with Crippen LogP contribution in [0.2, 0.25) is 0 Å². The number of hydrogen-bond donors (Lipinski definition) is 3. The summed E-state index contributed by atoms with van der Waals surface area (Å²) in [5.41, 5.74) is 1.91. The van der Waals surface area contributed by atoms with E-state index in [-0.39, 0.29) is 12.5 Å². The molecule has 0 radical (unpaired) electrons. The van der Waals surface area contributed by atoms with Crippen molar-refractivity contribution in [1.29, 1.82) is 0 Å². The number of carbonyl (C=O) groups excluding carboxylic acids is 1. The fraction of sp³-hybridized carbons (Fsp3) is 0.500. The molecule has 1 aromatic carbocycles. The normalized spacial score (nSPS) is 18.9. The number of carboxylic acid groups (broad SMARTS) is 1. The number of carbonyl (C=O) groups is 2. The minimum absolute atomic E-state index is 0.0320. The number of carboxylic acids is 1. The molecule has 0 saturated heterocycles. The predicted molar refractivity (Wildman–Crippen MR) is 79.9 cm³/mol. The van der Waals surface area contributed by atoms with Gasteiger partial charge in [-0.2, -0.15) is 0 Å². The van der Waals surface area contributed by atoms with Gasteiger partial charge in [0, 0.05) is 13.1 Å². The van der Waals surface area contributed by atoms with E-state index < -0.39 is 5.97 Å². The topological polar surface area (TPSA) is 78.4 Å². The first-order valence-corrected chi connectivity index (χ1v) is 7.19. The molecule has 21 heavy (non-hydrogen) atoms. The van der Waals surface area contributed by atoms with Crippen molar-refractivity contribution in [3.63, 3.8) is 0 Å². The molecule has 0 spiro atoms. The fourth-order valence-corrected chi connectivity index (χ4v) is 2.44. The van der Waals surface area contributed by atoms with Crippen molar-refractivity contribution in [2.75, 3.05) is 6.54 Å². The third-order valence-electron chi connectivity index (χ3n) is 4.13. The third kappa shape index (κ3) is 4.48. The van der Waals surface area contributed by atoms with E-state index in [9.17, 15) is 9.59 Å². The minimum Gasteiger partial charge on any atom is -0.481 e. The van der Waals surface area contributed by atoms with Crippen molar-refractivity contribution >= 4 is 12.0 Å². The molecule has 2 rings (SSSR count). The van der Waals surface area contributed by atoms with Gasteiger partial charge in [0.1, 0.15) is 0 Å². The van der Waals surface area contributed by atoms with Crippen LogP contribution in [0.5, 0.6) is 0 Å². The molecule has 1 aromatic rings. The Hall–Kier alpha value is -2.04. The largest absolute Gasteiger partial charge is 0.481 e. The summed E-state index contributed by atoms with van der Waals surface area (Å²) in [4.78, 5) is 22.6. The van der Waals surface area contributed by atoms with Gasteiger partial charge < -0.3 is 15.7 Å². The minimum atomic E-state index is -0.872. The van der Waals surface area contributed by atoms with Crippen molar-refractivity contribution in [3.05, 3.63) is 35.4 Å². The number of nitrogens with one attached hydrogen (secondary N) is 2. The SMILES string of the molecule is CC1(C)CC1CNC(=O)NCc1ccccc1CC(=O)O. The summed E-state index contributed by atoms with van der Waals surface area (Å²) in [6, 6.07) is 7.05. The Balaban J connectivity index is 1.79. The highest BCUT2D eigenvalue weighted by Gasteiger charge is 2.45. The van der Waals surface area contributed by atoms with Gasteiger partial charge in [0.25, 0.3) is 0 Å². The Morgan fingerprint density at radius 2 is 1.86 bits per heavy atom. The number of aliphatic carboxylic acids is 1. The molecule has 0 bridgehead atoms. The molecule has 0 aliphatic heterocycles. The van der Waals surface area contributed by atoms with Crippen LogP contribution in [-0.4, -0.2) is 23.7 Å². The van der Waals surface area contributed by atoms with E-state index in [1.54, 1.807) is 12.1 Å². The number of benzene rings is 1. The van der Waals surface area contributed by atoms with Crippen LogP contribution in [0, 0.1) is 11.3 Å². The predicted octanol–water partition coefficient (Wildman–Crippen LogP) is 2.16. The molecule has 1 aliphatic rings. The molecule has 0 aromatic heterocycles. The fourth-order valence-electron chi connectivity index (χ4n) is 2.44. The molecule has 1 atom stereocenters. The smallest absolute Gasteiger partial charge is 0.315 e. The maximum Gasteiger partial charge on any atom is 0.315 e. The zero-order chi connectivity index (χ0) is 15.5. The standard InChI is InChI=1S/C16H22N2O3/c1-16(2)8-13(16)10-18-15(21)17-9-12-6-4-3-5-11(12)7-14(19)20/h3-6,13H,7-10H2,1-2H3,(H,19,20)(H2,17,18,21). The van der Waals surface area contributed by atoms with Crippen molar-refractivity contribution in [3.8, 4) is 0 Å². The molecule has 0 heterocycles. The van der Waals surface area contributed by atoms with Crippen molar-refractivity contribution in [1.82, 2.24) is 10.6 Å². The van der Waals surface area contributed by atoms with Gasteiger partial charge in [0.05, 0.1) is 6.42 Å². The van der Waals surface area contributed by atoms with Gasteiger partial charge in [-0.15, -0.1) is 0 Å². The summed E-state index contributed by atoms with van der Waals surface area (Å²) < 4.78 is 0. The Bertz CT molecular complexity index is 540. The van der Waals surface area contributed by atoms with E-state index in [1.165, 1.54) is 0 Å². The van der Waals surface area contributed by atoms with Crippen LogP contribution in [-0.2, 0) is 17.8 Å². The number of hydrogen-bond acceptors (Lipinski definition) is 2. The first kappa shape index (κ1) is 15.4. The van der Waals surface area contributed by atoms with Crippen LogP contribution in [0.25, 0.3) is 0 Å². The van der Waals surface area contributed by atoms with Gasteiger partial charge in [-0.05, 0) is 28.9 Å². The molecule has 2 amide bonds. The first-order chi connectivity index (χ1) is 9.88. The van der Waals surface area contributed by atoms with Gasteiger partial charge in [0.2, 0.25) is 0 Å². The summed E-state index contributed by atoms with van der Waals surface area (Å²) in [6.45, 7) is 5.41. The molecule has 1 saturated carbocycles. The summed E-state index contributed by atoms with van der Waals surface area (Å²) in [7, 11) is 0. The van der Waals surface area contributed by atoms with Crippen molar-refractivity contribution < 1.29 is 14.7 Å².